The third kappa shape index (κ3) is 6.49. The van der Waals surface area contributed by atoms with Crippen molar-refractivity contribution >= 4 is 24.3 Å². The molecule has 2 rings (SSSR count). The molecule has 0 atom stereocenters. The summed E-state index contributed by atoms with van der Waals surface area (Å²) in [6, 6.07) is 7.79. The quantitative estimate of drug-likeness (QED) is 0.702. The minimum atomic E-state index is -0.724. The molecular formula is C18H27ClN2O3. The first-order valence-corrected chi connectivity index (χ1v) is 8.40. The number of rotatable bonds is 7. The van der Waals surface area contributed by atoms with Crippen molar-refractivity contribution < 1.29 is 14.7 Å². The number of carbonyl (C=O) groups excluding carboxylic acids is 1. The van der Waals surface area contributed by atoms with Gasteiger partial charge in [-0.25, -0.2) is 0 Å². The summed E-state index contributed by atoms with van der Waals surface area (Å²) in [4.78, 5) is 22.9. The van der Waals surface area contributed by atoms with Crippen LogP contribution in [0.25, 0.3) is 0 Å². The van der Waals surface area contributed by atoms with Crippen molar-refractivity contribution in [1.29, 1.82) is 0 Å². The van der Waals surface area contributed by atoms with Crippen LogP contribution in [-0.4, -0.2) is 29.6 Å². The van der Waals surface area contributed by atoms with Gasteiger partial charge in [-0.05, 0) is 68.7 Å². The van der Waals surface area contributed by atoms with Gasteiger partial charge in [-0.2, -0.15) is 0 Å². The topological polar surface area (TPSA) is 92.4 Å². The average molecular weight is 355 g/mol. The first-order valence-electron chi connectivity index (χ1n) is 8.40. The fraction of sp³-hybridized carbons (Fsp3) is 0.556. The molecule has 0 saturated heterocycles. The van der Waals surface area contributed by atoms with Crippen molar-refractivity contribution in [1.82, 2.24) is 5.32 Å². The second kappa shape index (κ2) is 10.3. The highest BCUT2D eigenvalue weighted by Gasteiger charge is 2.23. The molecule has 1 aliphatic carbocycles. The average Bonchev–Trinajstić information content (AvgIpc) is 2.55. The number of hydrogen-bond donors (Lipinski definition) is 3. The van der Waals surface area contributed by atoms with Crippen LogP contribution in [0.5, 0.6) is 0 Å². The van der Waals surface area contributed by atoms with E-state index in [-0.39, 0.29) is 30.8 Å². The third-order valence-electron chi connectivity index (χ3n) is 4.60. The molecule has 0 unspecified atom stereocenters. The lowest BCUT2D eigenvalue weighted by atomic mass is 9.83. The summed E-state index contributed by atoms with van der Waals surface area (Å²) in [6.45, 7) is 0.608. The number of nitrogens with two attached hydrogens (primary N) is 1. The lowest BCUT2D eigenvalue weighted by Gasteiger charge is -2.28. The molecule has 0 bridgehead atoms. The fourth-order valence-electron chi connectivity index (χ4n) is 3.18. The number of halogens is 1. The van der Waals surface area contributed by atoms with Crippen molar-refractivity contribution in [2.75, 3.05) is 6.54 Å². The molecule has 1 saturated carbocycles. The molecule has 1 aromatic carbocycles. The second-order valence-electron chi connectivity index (χ2n) is 6.36. The summed E-state index contributed by atoms with van der Waals surface area (Å²) >= 11 is 0. The molecule has 1 aromatic rings. The van der Waals surface area contributed by atoms with E-state index in [9.17, 15) is 9.59 Å². The molecule has 0 aromatic heterocycles. The fourth-order valence-corrected chi connectivity index (χ4v) is 3.18. The van der Waals surface area contributed by atoms with E-state index >= 15 is 0 Å². The molecule has 0 aliphatic heterocycles. The number of carboxylic acid groups (broad SMARTS) is 1. The number of carbonyl (C=O) groups is 2. The highest BCUT2D eigenvalue weighted by molar-refractivity contribution is 5.94. The first-order chi connectivity index (χ1) is 11.1. The molecule has 5 nitrogen and oxygen atoms in total. The molecule has 1 amide bonds. The van der Waals surface area contributed by atoms with Crippen LogP contribution >= 0.6 is 12.4 Å². The second-order valence-corrected chi connectivity index (χ2v) is 6.36. The van der Waals surface area contributed by atoms with Gasteiger partial charge < -0.3 is 16.2 Å². The number of hydrogen-bond acceptors (Lipinski definition) is 3. The molecule has 1 fully saturated rings. The van der Waals surface area contributed by atoms with Gasteiger partial charge in [0.1, 0.15) is 0 Å². The standard InChI is InChI=1S/C18H26N2O3.ClH/c19-12-11-14-1-6-15(7-2-14)18(23)20-16-8-3-13(4-9-16)5-10-17(21)22;/h1-2,6-7,13,16H,3-5,8-12,19H2,(H,20,23)(H,21,22);1H. The lowest BCUT2D eigenvalue weighted by Crippen LogP contribution is -2.37. The maximum absolute atomic E-state index is 12.3. The van der Waals surface area contributed by atoms with Gasteiger partial charge in [0.05, 0.1) is 0 Å². The Kier molecular flexibility index (Phi) is 8.79. The van der Waals surface area contributed by atoms with Gasteiger partial charge in [0.25, 0.3) is 5.91 Å². The highest BCUT2D eigenvalue weighted by Crippen LogP contribution is 2.28. The van der Waals surface area contributed by atoms with E-state index in [1.165, 1.54) is 0 Å². The van der Waals surface area contributed by atoms with Crippen LogP contribution in [0, 0.1) is 5.92 Å². The van der Waals surface area contributed by atoms with E-state index in [1.807, 2.05) is 24.3 Å². The zero-order valence-electron chi connectivity index (χ0n) is 13.9. The van der Waals surface area contributed by atoms with Crippen molar-refractivity contribution in [3.8, 4) is 0 Å². The molecule has 24 heavy (non-hydrogen) atoms. The van der Waals surface area contributed by atoms with E-state index in [0.29, 0.717) is 18.0 Å². The molecule has 0 heterocycles. The van der Waals surface area contributed by atoms with Gasteiger partial charge in [-0.1, -0.05) is 12.1 Å². The molecule has 134 valence electrons. The third-order valence-corrected chi connectivity index (χ3v) is 4.60. The summed E-state index contributed by atoms with van der Waals surface area (Å²) in [5, 5.41) is 11.8. The number of carboxylic acids is 1. The summed E-state index contributed by atoms with van der Waals surface area (Å²) in [7, 11) is 0. The highest BCUT2D eigenvalue weighted by atomic mass is 35.5. The Morgan fingerprint density at radius 1 is 1.12 bits per heavy atom. The maximum atomic E-state index is 12.3. The Balaban J connectivity index is 0.00000288. The molecule has 0 radical (unpaired) electrons. The van der Waals surface area contributed by atoms with E-state index < -0.39 is 5.97 Å². The van der Waals surface area contributed by atoms with E-state index in [0.717, 1.165) is 44.1 Å². The van der Waals surface area contributed by atoms with Gasteiger partial charge in [-0.15, -0.1) is 12.4 Å². The van der Waals surface area contributed by atoms with Crippen molar-refractivity contribution in [3.05, 3.63) is 35.4 Å². The number of nitrogens with one attached hydrogen (secondary N) is 1. The largest absolute Gasteiger partial charge is 0.481 e. The summed E-state index contributed by atoms with van der Waals surface area (Å²) in [5.41, 5.74) is 7.34. The zero-order chi connectivity index (χ0) is 16.7. The summed E-state index contributed by atoms with van der Waals surface area (Å²) < 4.78 is 0. The van der Waals surface area contributed by atoms with Gasteiger partial charge in [-0.3, -0.25) is 9.59 Å². The van der Waals surface area contributed by atoms with Crippen molar-refractivity contribution in [2.45, 2.75) is 51.0 Å². The van der Waals surface area contributed by atoms with Crippen molar-refractivity contribution in [2.24, 2.45) is 11.7 Å². The van der Waals surface area contributed by atoms with E-state index in [2.05, 4.69) is 5.32 Å². The molecule has 4 N–H and O–H groups in total. The van der Waals surface area contributed by atoms with Gasteiger partial charge in [0, 0.05) is 18.0 Å². The van der Waals surface area contributed by atoms with Crippen LogP contribution in [0.2, 0.25) is 0 Å². The molecule has 6 heteroatoms. The number of aliphatic carboxylic acids is 1. The van der Waals surface area contributed by atoms with Gasteiger partial charge in [0.2, 0.25) is 0 Å². The Hall–Kier alpha value is -1.59. The normalized spacial score (nSPS) is 20.0. The summed E-state index contributed by atoms with van der Waals surface area (Å²) in [5.74, 6) is -0.272. The summed E-state index contributed by atoms with van der Waals surface area (Å²) in [6.07, 6.45) is 5.67. The molecule has 0 spiro atoms. The SMILES string of the molecule is Cl.NCCc1ccc(C(=O)NC2CCC(CCC(=O)O)CC2)cc1. The van der Waals surface area contributed by atoms with Crippen molar-refractivity contribution in [3.63, 3.8) is 0 Å². The minimum Gasteiger partial charge on any atom is -0.481 e. The minimum absolute atomic E-state index is 0. The number of amides is 1. The van der Waals surface area contributed by atoms with Crippen LogP contribution in [-0.2, 0) is 11.2 Å². The smallest absolute Gasteiger partial charge is 0.303 e. The lowest BCUT2D eigenvalue weighted by molar-refractivity contribution is -0.137. The predicted molar refractivity (Wildman–Crippen MR) is 96.5 cm³/mol. The van der Waals surface area contributed by atoms with Crippen LogP contribution < -0.4 is 11.1 Å². The zero-order valence-corrected chi connectivity index (χ0v) is 14.7. The van der Waals surface area contributed by atoms with Gasteiger partial charge in [0.15, 0.2) is 0 Å². The van der Waals surface area contributed by atoms with E-state index in [1.54, 1.807) is 0 Å². The predicted octanol–water partition coefficient (Wildman–Crippen LogP) is 2.76. The van der Waals surface area contributed by atoms with E-state index in [4.69, 9.17) is 10.8 Å². The van der Waals surface area contributed by atoms with Crippen LogP contribution in [0.3, 0.4) is 0 Å². The van der Waals surface area contributed by atoms with Crippen LogP contribution in [0.15, 0.2) is 24.3 Å². The Morgan fingerprint density at radius 3 is 2.29 bits per heavy atom. The first kappa shape index (κ1) is 20.5. The van der Waals surface area contributed by atoms with Gasteiger partial charge >= 0.3 is 5.97 Å². The maximum Gasteiger partial charge on any atom is 0.303 e. The Bertz CT molecular complexity index is 526. The Labute approximate surface area is 149 Å². The van der Waals surface area contributed by atoms with Crippen LogP contribution in [0.1, 0.15) is 54.4 Å². The monoisotopic (exact) mass is 354 g/mol. The number of benzene rings is 1. The Morgan fingerprint density at radius 2 is 1.75 bits per heavy atom. The molecule has 1 aliphatic rings. The molecular weight excluding hydrogens is 328 g/mol. The van der Waals surface area contributed by atoms with Crippen LogP contribution in [0.4, 0.5) is 0 Å².